The highest BCUT2D eigenvalue weighted by atomic mass is 79.9. The normalized spacial score (nSPS) is 17.5. The number of rotatable bonds is 7. The van der Waals surface area contributed by atoms with Crippen LogP contribution < -0.4 is 4.90 Å². The largest absolute Gasteiger partial charge is 0.375 e. The zero-order chi connectivity index (χ0) is 22.9. The molecule has 1 heterocycles. The van der Waals surface area contributed by atoms with Crippen LogP contribution in [0.2, 0.25) is 5.02 Å². The molecule has 1 unspecified atom stereocenters. The molecule has 6 heteroatoms. The van der Waals surface area contributed by atoms with Crippen LogP contribution >= 0.6 is 27.5 Å². The molecule has 1 aliphatic rings. The van der Waals surface area contributed by atoms with Crippen molar-refractivity contribution in [1.82, 2.24) is 0 Å². The number of benzene rings is 3. The van der Waals surface area contributed by atoms with Gasteiger partial charge in [0.25, 0.3) is 5.91 Å². The van der Waals surface area contributed by atoms with E-state index < -0.39 is 11.5 Å². The number of aliphatic hydroxyl groups is 1. The first-order valence-electron chi connectivity index (χ1n) is 10.5. The standard InChI is InChI=1S/C26H23BrClNO3/c1-2-5-17-8-10-18(11-9-17)24(30)15-26(32)21-14-20(27)12-13-23(21)29(25(26)31)16-19-6-3-4-7-22(19)28/h3-4,6-14,32H,2,5,15-16H2,1H3. The minimum atomic E-state index is -1.94. The predicted molar refractivity (Wildman–Crippen MR) is 130 cm³/mol. The van der Waals surface area contributed by atoms with E-state index in [1.807, 2.05) is 36.4 Å². The van der Waals surface area contributed by atoms with Crippen LogP contribution in [0.25, 0.3) is 0 Å². The number of halogens is 2. The maximum atomic E-state index is 13.5. The Morgan fingerprint density at radius 2 is 1.81 bits per heavy atom. The maximum absolute atomic E-state index is 13.5. The molecule has 0 radical (unpaired) electrons. The Balaban J connectivity index is 1.67. The fourth-order valence-electron chi connectivity index (χ4n) is 4.13. The molecule has 1 N–H and O–H groups in total. The van der Waals surface area contributed by atoms with E-state index in [4.69, 9.17) is 11.6 Å². The third kappa shape index (κ3) is 4.25. The van der Waals surface area contributed by atoms with Gasteiger partial charge in [-0.15, -0.1) is 0 Å². The highest BCUT2D eigenvalue weighted by Crippen LogP contribution is 2.45. The lowest BCUT2D eigenvalue weighted by Crippen LogP contribution is -2.41. The van der Waals surface area contributed by atoms with Crippen molar-refractivity contribution in [3.05, 3.63) is 98.5 Å². The Morgan fingerprint density at radius 3 is 2.50 bits per heavy atom. The van der Waals surface area contributed by atoms with Gasteiger partial charge in [-0.25, -0.2) is 0 Å². The van der Waals surface area contributed by atoms with Gasteiger partial charge in [0, 0.05) is 20.6 Å². The molecule has 4 nitrogen and oxygen atoms in total. The average molecular weight is 513 g/mol. The minimum Gasteiger partial charge on any atom is -0.375 e. The molecule has 4 rings (SSSR count). The van der Waals surface area contributed by atoms with Gasteiger partial charge in [-0.3, -0.25) is 9.59 Å². The van der Waals surface area contributed by atoms with Gasteiger partial charge in [0.2, 0.25) is 0 Å². The molecule has 0 spiro atoms. The van der Waals surface area contributed by atoms with E-state index in [9.17, 15) is 14.7 Å². The van der Waals surface area contributed by atoms with Crippen molar-refractivity contribution < 1.29 is 14.7 Å². The van der Waals surface area contributed by atoms with Crippen LogP contribution in [-0.2, 0) is 23.4 Å². The molecule has 0 saturated heterocycles. The van der Waals surface area contributed by atoms with Crippen LogP contribution in [0.15, 0.2) is 71.2 Å². The van der Waals surface area contributed by atoms with Crippen LogP contribution in [0.3, 0.4) is 0 Å². The SMILES string of the molecule is CCCc1ccc(C(=O)CC2(O)C(=O)N(Cc3ccccc3Cl)c3ccc(Br)cc32)cc1. The maximum Gasteiger partial charge on any atom is 0.264 e. The number of amides is 1. The van der Waals surface area contributed by atoms with Crippen molar-refractivity contribution in [3.63, 3.8) is 0 Å². The molecule has 1 aliphatic heterocycles. The lowest BCUT2D eigenvalue weighted by atomic mass is 9.88. The molecule has 1 amide bonds. The second-order valence-electron chi connectivity index (χ2n) is 8.05. The fourth-order valence-corrected chi connectivity index (χ4v) is 4.68. The van der Waals surface area contributed by atoms with Crippen molar-refractivity contribution in [1.29, 1.82) is 0 Å². The van der Waals surface area contributed by atoms with Crippen LogP contribution in [0.5, 0.6) is 0 Å². The van der Waals surface area contributed by atoms with Crippen molar-refractivity contribution in [2.24, 2.45) is 0 Å². The Hall–Kier alpha value is -2.47. The van der Waals surface area contributed by atoms with Gasteiger partial charge in [-0.1, -0.05) is 83.3 Å². The quantitative estimate of drug-likeness (QED) is 0.391. The average Bonchev–Trinajstić information content (AvgIpc) is 2.97. The van der Waals surface area contributed by atoms with E-state index >= 15 is 0 Å². The second-order valence-corrected chi connectivity index (χ2v) is 9.37. The summed E-state index contributed by atoms with van der Waals surface area (Å²) in [6, 6.07) is 19.9. The number of Topliss-reactive ketones (excluding diaryl/α,β-unsaturated/α-hetero) is 1. The van der Waals surface area contributed by atoms with Crippen molar-refractivity contribution in [3.8, 4) is 0 Å². The number of nitrogens with zero attached hydrogens (tertiary/aromatic N) is 1. The Labute approximate surface area is 201 Å². The van der Waals surface area contributed by atoms with Crippen LogP contribution in [0.1, 0.15) is 46.8 Å². The summed E-state index contributed by atoms with van der Waals surface area (Å²) in [5.41, 5.74) is 1.44. The topological polar surface area (TPSA) is 57.6 Å². The van der Waals surface area contributed by atoms with E-state index in [1.165, 1.54) is 4.90 Å². The summed E-state index contributed by atoms with van der Waals surface area (Å²) in [5, 5.41) is 12.1. The highest BCUT2D eigenvalue weighted by molar-refractivity contribution is 9.10. The zero-order valence-corrected chi connectivity index (χ0v) is 20.0. The molecule has 0 aliphatic carbocycles. The third-order valence-corrected chi connectivity index (χ3v) is 6.67. The zero-order valence-electron chi connectivity index (χ0n) is 17.6. The Morgan fingerprint density at radius 1 is 1.09 bits per heavy atom. The molecular weight excluding hydrogens is 490 g/mol. The fraction of sp³-hybridized carbons (Fsp3) is 0.231. The van der Waals surface area contributed by atoms with E-state index in [0.29, 0.717) is 21.8 Å². The number of carbonyl (C=O) groups is 2. The molecule has 0 aromatic heterocycles. The number of fused-ring (bicyclic) bond motifs is 1. The van der Waals surface area contributed by atoms with Gasteiger partial charge in [-0.2, -0.15) is 0 Å². The molecule has 0 bridgehead atoms. The molecule has 3 aromatic carbocycles. The summed E-state index contributed by atoms with van der Waals surface area (Å²) in [4.78, 5) is 28.1. The highest BCUT2D eigenvalue weighted by Gasteiger charge is 2.51. The first-order valence-corrected chi connectivity index (χ1v) is 11.7. The van der Waals surface area contributed by atoms with Gasteiger partial charge in [-0.05, 0) is 41.8 Å². The number of carbonyl (C=O) groups excluding carboxylic acids is 2. The number of hydrogen-bond acceptors (Lipinski definition) is 3. The van der Waals surface area contributed by atoms with Gasteiger partial charge >= 0.3 is 0 Å². The lowest BCUT2D eigenvalue weighted by molar-refractivity contribution is -0.136. The summed E-state index contributed by atoms with van der Waals surface area (Å²) < 4.78 is 0.721. The van der Waals surface area contributed by atoms with E-state index in [-0.39, 0.29) is 18.7 Å². The van der Waals surface area contributed by atoms with Crippen molar-refractivity contribution >= 4 is 44.9 Å². The van der Waals surface area contributed by atoms with Crippen LogP contribution in [0, 0.1) is 0 Å². The summed E-state index contributed by atoms with van der Waals surface area (Å²) in [5.74, 6) is -0.809. The molecular formula is C26H23BrClNO3. The van der Waals surface area contributed by atoms with Crippen molar-refractivity contribution in [2.45, 2.75) is 38.3 Å². The summed E-state index contributed by atoms with van der Waals surface area (Å²) >= 11 is 9.73. The van der Waals surface area contributed by atoms with E-state index in [1.54, 1.807) is 30.3 Å². The number of aryl methyl sites for hydroxylation is 1. The Bertz CT molecular complexity index is 1180. The molecule has 164 valence electrons. The van der Waals surface area contributed by atoms with Gasteiger partial charge < -0.3 is 10.0 Å². The summed E-state index contributed by atoms with van der Waals surface area (Å²) in [6.07, 6.45) is 1.63. The Kier molecular flexibility index (Phi) is 6.52. The molecule has 32 heavy (non-hydrogen) atoms. The minimum absolute atomic E-state index is 0.204. The number of ketones is 1. The molecule has 0 fully saturated rings. The van der Waals surface area contributed by atoms with Gasteiger partial charge in [0.05, 0.1) is 18.7 Å². The summed E-state index contributed by atoms with van der Waals surface area (Å²) in [7, 11) is 0. The lowest BCUT2D eigenvalue weighted by Gasteiger charge is -2.23. The van der Waals surface area contributed by atoms with Gasteiger partial charge in [0.15, 0.2) is 11.4 Å². The molecule has 0 saturated carbocycles. The summed E-state index contributed by atoms with van der Waals surface area (Å²) in [6.45, 7) is 2.31. The molecule has 3 aromatic rings. The van der Waals surface area contributed by atoms with Crippen molar-refractivity contribution in [2.75, 3.05) is 4.90 Å². The van der Waals surface area contributed by atoms with Gasteiger partial charge in [0.1, 0.15) is 0 Å². The third-order valence-electron chi connectivity index (χ3n) is 5.81. The smallest absolute Gasteiger partial charge is 0.264 e. The molecule has 1 atom stereocenters. The second kappa shape index (κ2) is 9.18. The van der Waals surface area contributed by atoms with E-state index in [0.717, 1.165) is 28.4 Å². The van der Waals surface area contributed by atoms with Crippen LogP contribution in [0.4, 0.5) is 5.69 Å². The number of anilines is 1. The van der Waals surface area contributed by atoms with E-state index in [2.05, 4.69) is 22.9 Å². The number of hydrogen-bond donors (Lipinski definition) is 1. The first kappa shape index (κ1) is 22.7. The van der Waals surface area contributed by atoms with Crippen LogP contribution in [-0.4, -0.2) is 16.8 Å². The predicted octanol–water partition coefficient (Wildman–Crippen LogP) is 6.06. The monoisotopic (exact) mass is 511 g/mol. The first-order chi connectivity index (χ1) is 15.3.